The van der Waals surface area contributed by atoms with Gasteiger partial charge in [-0.2, -0.15) is 0 Å². The molecular weight excluding hydrogens is 220 g/mol. The average molecular weight is 242 g/mol. The maximum absolute atomic E-state index is 11.7. The Morgan fingerprint density at radius 2 is 1.59 bits per heavy atom. The number of carbonyl (C=O) groups excluding carboxylic acids is 2. The van der Waals surface area contributed by atoms with E-state index >= 15 is 0 Å². The van der Waals surface area contributed by atoms with Gasteiger partial charge in [-0.3, -0.25) is 9.59 Å². The molecule has 1 fully saturated rings. The Morgan fingerprint density at radius 3 is 2.06 bits per heavy atom. The van der Waals surface area contributed by atoms with E-state index in [1.165, 1.54) is 7.11 Å². The van der Waals surface area contributed by atoms with Gasteiger partial charge in [-0.05, 0) is 32.1 Å². The summed E-state index contributed by atoms with van der Waals surface area (Å²) in [5.41, 5.74) is 0. The number of methoxy groups -OCH3 is 1. The lowest BCUT2D eigenvalue weighted by Crippen LogP contribution is -2.28. The summed E-state index contributed by atoms with van der Waals surface area (Å²) in [7, 11) is 1.41. The van der Waals surface area contributed by atoms with Gasteiger partial charge in [0.15, 0.2) is 0 Å². The molecule has 1 aliphatic rings. The molecule has 4 heteroatoms. The molecule has 98 valence electrons. The maximum atomic E-state index is 11.7. The van der Waals surface area contributed by atoms with Crippen LogP contribution in [0.4, 0.5) is 0 Å². The zero-order valence-electron chi connectivity index (χ0n) is 10.7. The molecule has 0 atom stereocenters. The number of ether oxygens (including phenoxy) is 2. The maximum Gasteiger partial charge on any atom is 0.308 e. The molecule has 0 aromatic rings. The third-order valence-electron chi connectivity index (χ3n) is 3.34. The number of unbranched alkanes of at least 4 members (excludes halogenated alkanes) is 1. The van der Waals surface area contributed by atoms with Crippen LogP contribution in [-0.4, -0.2) is 25.7 Å². The summed E-state index contributed by atoms with van der Waals surface area (Å²) in [6.07, 6.45) is 4.90. The molecule has 0 amide bonds. The fourth-order valence-corrected chi connectivity index (χ4v) is 2.17. The third-order valence-corrected chi connectivity index (χ3v) is 3.34. The van der Waals surface area contributed by atoms with Crippen LogP contribution in [-0.2, 0) is 19.1 Å². The van der Waals surface area contributed by atoms with E-state index in [4.69, 9.17) is 9.47 Å². The van der Waals surface area contributed by atoms with Crippen molar-refractivity contribution < 1.29 is 19.1 Å². The van der Waals surface area contributed by atoms with Gasteiger partial charge in [0.25, 0.3) is 0 Å². The van der Waals surface area contributed by atoms with E-state index in [1.54, 1.807) is 0 Å². The number of esters is 2. The van der Waals surface area contributed by atoms with Gasteiger partial charge in [0.2, 0.25) is 0 Å². The van der Waals surface area contributed by atoms with Gasteiger partial charge in [-0.25, -0.2) is 0 Å². The van der Waals surface area contributed by atoms with Crippen LogP contribution < -0.4 is 0 Å². The van der Waals surface area contributed by atoms with Crippen molar-refractivity contribution in [2.24, 2.45) is 11.8 Å². The molecule has 1 aliphatic carbocycles. The highest BCUT2D eigenvalue weighted by Crippen LogP contribution is 2.30. The molecular formula is C13H22O4. The summed E-state index contributed by atoms with van der Waals surface area (Å²) < 4.78 is 9.90. The highest BCUT2D eigenvalue weighted by molar-refractivity contribution is 5.75. The summed E-state index contributed by atoms with van der Waals surface area (Å²) in [4.78, 5) is 23.0. The molecule has 0 aromatic heterocycles. The van der Waals surface area contributed by atoms with E-state index < -0.39 is 0 Å². The second-order valence-electron chi connectivity index (χ2n) is 4.59. The third kappa shape index (κ3) is 4.36. The van der Waals surface area contributed by atoms with Crippen LogP contribution in [0.3, 0.4) is 0 Å². The lowest BCUT2D eigenvalue weighted by molar-refractivity contribution is -0.153. The highest BCUT2D eigenvalue weighted by Gasteiger charge is 2.31. The largest absolute Gasteiger partial charge is 0.469 e. The van der Waals surface area contributed by atoms with E-state index in [2.05, 4.69) is 6.92 Å². The van der Waals surface area contributed by atoms with E-state index in [1.807, 2.05) is 0 Å². The van der Waals surface area contributed by atoms with Gasteiger partial charge >= 0.3 is 11.9 Å². The first kappa shape index (κ1) is 14.0. The minimum Gasteiger partial charge on any atom is -0.469 e. The zero-order valence-corrected chi connectivity index (χ0v) is 10.7. The van der Waals surface area contributed by atoms with Crippen LogP contribution in [0.25, 0.3) is 0 Å². The molecule has 0 aliphatic heterocycles. The molecule has 0 bridgehead atoms. The molecule has 0 N–H and O–H groups in total. The summed E-state index contributed by atoms with van der Waals surface area (Å²) in [5, 5.41) is 0. The van der Waals surface area contributed by atoms with Crippen molar-refractivity contribution in [3.63, 3.8) is 0 Å². The molecule has 4 nitrogen and oxygen atoms in total. The summed E-state index contributed by atoms with van der Waals surface area (Å²) in [6.45, 7) is 2.58. The van der Waals surface area contributed by atoms with Crippen molar-refractivity contribution >= 4 is 11.9 Å². The fourth-order valence-electron chi connectivity index (χ4n) is 2.17. The van der Waals surface area contributed by atoms with Gasteiger partial charge in [0.1, 0.15) is 0 Å². The van der Waals surface area contributed by atoms with Crippen molar-refractivity contribution in [1.82, 2.24) is 0 Å². The summed E-state index contributed by atoms with van der Waals surface area (Å²) >= 11 is 0. The topological polar surface area (TPSA) is 52.6 Å². The molecule has 0 aromatic carbocycles. The number of rotatable bonds is 5. The molecule has 0 heterocycles. The number of hydrogen-bond donors (Lipinski definition) is 0. The van der Waals surface area contributed by atoms with E-state index in [0.29, 0.717) is 6.61 Å². The highest BCUT2D eigenvalue weighted by atomic mass is 16.5. The Kier molecular flexibility index (Phi) is 6.01. The van der Waals surface area contributed by atoms with Crippen LogP contribution in [0.15, 0.2) is 0 Å². The molecule has 0 radical (unpaired) electrons. The van der Waals surface area contributed by atoms with E-state index in [0.717, 1.165) is 38.5 Å². The normalized spacial score (nSPS) is 24.1. The predicted molar refractivity (Wildman–Crippen MR) is 63.3 cm³/mol. The van der Waals surface area contributed by atoms with Gasteiger partial charge in [-0.1, -0.05) is 13.3 Å². The van der Waals surface area contributed by atoms with Crippen LogP contribution in [0.5, 0.6) is 0 Å². The molecule has 1 rings (SSSR count). The van der Waals surface area contributed by atoms with Gasteiger partial charge in [0, 0.05) is 0 Å². The Balaban J connectivity index is 2.26. The molecule has 17 heavy (non-hydrogen) atoms. The van der Waals surface area contributed by atoms with Crippen molar-refractivity contribution in [3.05, 3.63) is 0 Å². The van der Waals surface area contributed by atoms with Crippen molar-refractivity contribution in [2.75, 3.05) is 13.7 Å². The van der Waals surface area contributed by atoms with Crippen LogP contribution >= 0.6 is 0 Å². The summed E-state index contributed by atoms with van der Waals surface area (Å²) in [6, 6.07) is 0. The first-order valence-corrected chi connectivity index (χ1v) is 6.43. The average Bonchev–Trinajstić information content (AvgIpc) is 2.38. The van der Waals surface area contributed by atoms with Gasteiger partial charge in [-0.15, -0.1) is 0 Å². The quantitative estimate of drug-likeness (QED) is 0.548. The smallest absolute Gasteiger partial charge is 0.308 e. The second-order valence-corrected chi connectivity index (χ2v) is 4.59. The standard InChI is InChI=1S/C13H22O4/c1-3-4-9-17-13(15)11-7-5-10(6-8-11)12(14)16-2/h10-11H,3-9H2,1-2H3. The number of carbonyl (C=O) groups is 2. The lowest BCUT2D eigenvalue weighted by Gasteiger charge is -2.25. The Morgan fingerprint density at radius 1 is 1.06 bits per heavy atom. The lowest BCUT2D eigenvalue weighted by atomic mass is 9.82. The second kappa shape index (κ2) is 7.30. The van der Waals surface area contributed by atoms with Crippen molar-refractivity contribution in [1.29, 1.82) is 0 Å². The van der Waals surface area contributed by atoms with Crippen LogP contribution in [0.1, 0.15) is 45.4 Å². The van der Waals surface area contributed by atoms with E-state index in [9.17, 15) is 9.59 Å². The Bertz CT molecular complexity index is 254. The monoisotopic (exact) mass is 242 g/mol. The van der Waals surface area contributed by atoms with Crippen LogP contribution in [0, 0.1) is 11.8 Å². The molecule has 0 saturated heterocycles. The minimum absolute atomic E-state index is 0.0206. The van der Waals surface area contributed by atoms with Crippen molar-refractivity contribution in [2.45, 2.75) is 45.4 Å². The number of hydrogen-bond acceptors (Lipinski definition) is 4. The zero-order chi connectivity index (χ0) is 12.7. The predicted octanol–water partition coefficient (Wildman–Crippen LogP) is 2.31. The van der Waals surface area contributed by atoms with Gasteiger partial charge < -0.3 is 9.47 Å². The molecule has 0 spiro atoms. The van der Waals surface area contributed by atoms with E-state index in [-0.39, 0.29) is 23.8 Å². The van der Waals surface area contributed by atoms with Crippen molar-refractivity contribution in [3.8, 4) is 0 Å². The minimum atomic E-state index is -0.150. The summed E-state index contributed by atoms with van der Waals surface area (Å²) in [5.74, 6) is -0.294. The first-order valence-electron chi connectivity index (χ1n) is 6.43. The first-order chi connectivity index (χ1) is 8.19. The Hall–Kier alpha value is -1.06. The molecule has 1 saturated carbocycles. The molecule has 0 unspecified atom stereocenters. The van der Waals surface area contributed by atoms with Gasteiger partial charge in [0.05, 0.1) is 25.6 Å². The Labute approximate surface area is 103 Å². The van der Waals surface area contributed by atoms with Crippen LogP contribution in [0.2, 0.25) is 0 Å². The SMILES string of the molecule is CCCCOC(=O)C1CCC(C(=O)OC)CC1. The fraction of sp³-hybridized carbons (Fsp3) is 0.846.